The Morgan fingerprint density at radius 3 is 2.52 bits per heavy atom. The molecule has 4 rings (SSSR count). The van der Waals surface area contributed by atoms with Gasteiger partial charge in [0.2, 0.25) is 6.79 Å². The van der Waals surface area contributed by atoms with E-state index in [4.69, 9.17) is 19.9 Å². The summed E-state index contributed by atoms with van der Waals surface area (Å²) in [7, 11) is -2.00. The molecule has 1 saturated carbocycles. The first-order valence-electron chi connectivity index (χ1n) is 8.83. The van der Waals surface area contributed by atoms with Gasteiger partial charge in [0.25, 0.3) is 0 Å². The molecule has 1 aliphatic carbocycles. The van der Waals surface area contributed by atoms with Crippen LogP contribution in [0, 0.1) is 12.3 Å². The Balaban J connectivity index is 1.76. The number of aryl methyl sites for hydroxylation is 1. The highest BCUT2D eigenvalue weighted by molar-refractivity contribution is 7.92. The summed E-state index contributed by atoms with van der Waals surface area (Å²) in [5.41, 5.74) is 7.31. The number of rotatable bonds is 6. The molecular formula is C20H23NO5S. The smallest absolute Gasteiger partial charge is 0.231 e. The van der Waals surface area contributed by atoms with Crippen LogP contribution >= 0.6 is 0 Å². The molecule has 2 N–H and O–H groups in total. The van der Waals surface area contributed by atoms with Crippen LogP contribution in [0.4, 0.5) is 0 Å². The summed E-state index contributed by atoms with van der Waals surface area (Å²) in [4.78, 5) is 0.315. The van der Waals surface area contributed by atoms with Crippen molar-refractivity contribution >= 4 is 9.84 Å². The van der Waals surface area contributed by atoms with E-state index in [0.717, 1.165) is 11.1 Å². The third kappa shape index (κ3) is 2.81. The zero-order valence-corrected chi connectivity index (χ0v) is 16.2. The average Bonchev–Trinajstić information content (AvgIpc) is 3.10. The summed E-state index contributed by atoms with van der Waals surface area (Å²) >= 11 is 0. The van der Waals surface area contributed by atoms with Gasteiger partial charge in [-0.1, -0.05) is 23.8 Å². The first kappa shape index (κ1) is 18.3. The largest absolute Gasteiger partial charge is 0.454 e. The summed E-state index contributed by atoms with van der Waals surface area (Å²) in [5, 5.41) is -0.641. The molecule has 144 valence electrons. The Kier molecular flexibility index (Phi) is 4.41. The number of nitrogens with two attached hydrogens (primary N) is 1. The van der Waals surface area contributed by atoms with Crippen LogP contribution in [0.15, 0.2) is 47.4 Å². The second-order valence-corrected chi connectivity index (χ2v) is 9.31. The monoisotopic (exact) mass is 389 g/mol. The van der Waals surface area contributed by atoms with Crippen LogP contribution in [0.3, 0.4) is 0 Å². The lowest BCUT2D eigenvalue weighted by atomic mass is 9.99. The third-order valence-electron chi connectivity index (χ3n) is 5.61. The van der Waals surface area contributed by atoms with Gasteiger partial charge in [0.05, 0.1) is 16.8 Å². The van der Waals surface area contributed by atoms with Crippen LogP contribution in [0.2, 0.25) is 0 Å². The normalized spacial score (nSPS) is 26.2. The average molecular weight is 389 g/mol. The molecule has 0 saturated heterocycles. The Morgan fingerprint density at radius 2 is 1.85 bits per heavy atom. The Hall–Kier alpha value is -2.09. The van der Waals surface area contributed by atoms with E-state index in [0.29, 0.717) is 16.4 Å². The molecular weight excluding hydrogens is 366 g/mol. The van der Waals surface area contributed by atoms with E-state index in [1.54, 1.807) is 19.2 Å². The minimum absolute atomic E-state index is 0.175. The predicted molar refractivity (Wildman–Crippen MR) is 101 cm³/mol. The molecule has 0 amide bonds. The van der Waals surface area contributed by atoms with Crippen molar-refractivity contribution in [2.45, 2.75) is 23.0 Å². The topological polar surface area (TPSA) is 87.8 Å². The molecule has 6 nitrogen and oxygen atoms in total. The first-order chi connectivity index (χ1) is 12.9. The number of benzene rings is 2. The number of methoxy groups -OCH3 is 1. The number of ether oxygens (including phenoxy) is 3. The SMILES string of the molecule is COC[C@]1(CN)[C@H](c2ccc3c(c2)OCO3)[C@@H]1S(=O)(=O)c1ccc(C)cc1. The molecule has 0 bridgehead atoms. The van der Waals surface area contributed by atoms with Crippen LogP contribution in [0.5, 0.6) is 11.5 Å². The lowest BCUT2D eigenvalue weighted by molar-refractivity contribution is 0.142. The van der Waals surface area contributed by atoms with Crippen LogP contribution in [-0.2, 0) is 14.6 Å². The quantitative estimate of drug-likeness (QED) is 0.815. The van der Waals surface area contributed by atoms with E-state index in [2.05, 4.69) is 0 Å². The maximum Gasteiger partial charge on any atom is 0.231 e. The van der Waals surface area contributed by atoms with Crippen molar-refractivity contribution in [3.05, 3.63) is 53.6 Å². The van der Waals surface area contributed by atoms with Crippen LogP contribution in [0.25, 0.3) is 0 Å². The van der Waals surface area contributed by atoms with Gasteiger partial charge in [0, 0.05) is 25.0 Å². The molecule has 2 aromatic carbocycles. The third-order valence-corrected chi connectivity index (χ3v) is 7.95. The van der Waals surface area contributed by atoms with E-state index < -0.39 is 20.5 Å². The van der Waals surface area contributed by atoms with Crippen molar-refractivity contribution in [1.82, 2.24) is 0 Å². The fraction of sp³-hybridized carbons (Fsp3) is 0.400. The van der Waals surface area contributed by atoms with Gasteiger partial charge in [0.15, 0.2) is 21.3 Å². The van der Waals surface area contributed by atoms with Crippen LogP contribution in [0.1, 0.15) is 17.0 Å². The minimum Gasteiger partial charge on any atom is -0.454 e. The Bertz CT molecular complexity index is 957. The molecule has 0 radical (unpaired) electrons. The van der Waals surface area contributed by atoms with Gasteiger partial charge < -0.3 is 19.9 Å². The lowest BCUT2D eigenvalue weighted by Gasteiger charge is -2.15. The summed E-state index contributed by atoms with van der Waals surface area (Å²) in [6, 6.07) is 12.5. The van der Waals surface area contributed by atoms with Gasteiger partial charge in [0.1, 0.15) is 0 Å². The molecule has 1 heterocycles. The lowest BCUT2D eigenvalue weighted by Crippen LogP contribution is -2.28. The second-order valence-electron chi connectivity index (χ2n) is 7.24. The molecule has 27 heavy (non-hydrogen) atoms. The maximum absolute atomic E-state index is 13.4. The standard InChI is InChI=1S/C20H23NO5S/c1-13-3-6-15(7-4-13)27(22,23)19-18(20(19,10-21)11-24-2)14-5-8-16-17(9-14)26-12-25-16/h3-9,18-19H,10-12,21H2,1-2H3/t18-,19+,20-/m1/s1. The number of sulfone groups is 1. The predicted octanol–water partition coefficient (Wildman–Crippen LogP) is 2.25. The molecule has 1 fully saturated rings. The van der Waals surface area contributed by atoms with Gasteiger partial charge >= 0.3 is 0 Å². The second kappa shape index (κ2) is 6.51. The zero-order chi connectivity index (χ0) is 19.2. The summed E-state index contributed by atoms with van der Waals surface area (Å²) in [5.74, 6) is 1.04. The summed E-state index contributed by atoms with van der Waals surface area (Å²) < 4.78 is 43.0. The van der Waals surface area contributed by atoms with Gasteiger partial charge in [-0.15, -0.1) is 0 Å². The Labute approximate surface area is 159 Å². The van der Waals surface area contributed by atoms with Crippen molar-refractivity contribution in [3.8, 4) is 11.5 Å². The molecule has 7 heteroatoms. The van der Waals surface area contributed by atoms with E-state index in [1.807, 2.05) is 37.3 Å². The van der Waals surface area contributed by atoms with Crippen molar-refractivity contribution < 1.29 is 22.6 Å². The van der Waals surface area contributed by atoms with Crippen LogP contribution in [-0.4, -0.2) is 40.7 Å². The van der Waals surface area contributed by atoms with Gasteiger partial charge in [-0.3, -0.25) is 0 Å². The van der Waals surface area contributed by atoms with Gasteiger partial charge in [-0.25, -0.2) is 8.42 Å². The van der Waals surface area contributed by atoms with Crippen LogP contribution < -0.4 is 15.2 Å². The number of fused-ring (bicyclic) bond motifs is 1. The molecule has 2 aromatic rings. The van der Waals surface area contributed by atoms with Crippen molar-refractivity contribution in [3.63, 3.8) is 0 Å². The van der Waals surface area contributed by atoms with E-state index in [1.165, 1.54) is 0 Å². The molecule has 2 aliphatic rings. The van der Waals surface area contributed by atoms with Crippen molar-refractivity contribution in [1.29, 1.82) is 0 Å². The molecule has 0 spiro atoms. The number of hydrogen-bond donors (Lipinski definition) is 1. The first-order valence-corrected chi connectivity index (χ1v) is 10.4. The summed E-state index contributed by atoms with van der Waals surface area (Å²) in [6.07, 6.45) is 0. The van der Waals surface area contributed by atoms with E-state index in [9.17, 15) is 8.42 Å². The van der Waals surface area contributed by atoms with E-state index in [-0.39, 0.29) is 25.9 Å². The number of hydrogen-bond acceptors (Lipinski definition) is 6. The molecule has 3 atom stereocenters. The van der Waals surface area contributed by atoms with E-state index >= 15 is 0 Å². The molecule has 0 unspecified atom stereocenters. The highest BCUT2D eigenvalue weighted by atomic mass is 32.2. The van der Waals surface area contributed by atoms with Gasteiger partial charge in [-0.05, 0) is 36.8 Å². The fourth-order valence-corrected chi connectivity index (χ4v) is 6.62. The maximum atomic E-state index is 13.4. The summed E-state index contributed by atoms with van der Waals surface area (Å²) in [6.45, 7) is 2.60. The zero-order valence-electron chi connectivity index (χ0n) is 15.3. The molecule has 0 aromatic heterocycles. The highest BCUT2D eigenvalue weighted by Gasteiger charge is 2.70. The fourth-order valence-electron chi connectivity index (χ4n) is 4.17. The minimum atomic E-state index is -3.57. The van der Waals surface area contributed by atoms with Gasteiger partial charge in [-0.2, -0.15) is 0 Å². The Morgan fingerprint density at radius 1 is 1.15 bits per heavy atom. The van der Waals surface area contributed by atoms with Crippen molar-refractivity contribution in [2.75, 3.05) is 27.1 Å². The highest BCUT2D eigenvalue weighted by Crippen LogP contribution is 2.64. The molecule has 1 aliphatic heterocycles. The van der Waals surface area contributed by atoms with Crippen molar-refractivity contribution in [2.24, 2.45) is 11.1 Å².